The van der Waals surface area contributed by atoms with Gasteiger partial charge in [0.2, 0.25) is 0 Å². The van der Waals surface area contributed by atoms with Crippen LogP contribution in [0.1, 0.15) is 43.9 Å². The quantitative estimate of drug-likeness (QED) is 0.892. The minimum atomic E-state index is -0.0916. The Hall–Kier alpha value is -1.74. The molecule has 1 aromatic heterocycles. The van der Waals surface area contributed by atoms with Gasteiger partial charge in [-0.1, -0.05) is 44.2 Å². The molecule has 2 aromatic rings. The molecule has 0 aliphatic heterocycles. The van der Waals surface area contributed by atoms with Crippen molar-refractivity contribution >= 4 is 0 Å². The zero-order valence-corrected chi connectivity index (χ0v) is 11.6. The minimum absolute atomic E-state index is 0.0635. The molecular formula is C16H21N3. The topological polar surface area (TPSA) is 51.8 Å². The van der Waals surface area contributed by atoms with Crippen LogP contribution in [0.25, 0.3) is 0 Å². The molecule has 19 heavy (non-hydrogen) atoms. The summed E-state index contributed by atoms with van der Waals surface area (Å²) < 4.78 is 0. The largest absolute Gasteiger partial charge is 0.323 e. The Labute approximate surface area is 114 Å². The van der Waals surface area contributed by atoms with E-state index in [2.05, 4.69) is 48.1 Å². The van der Waals surface area contributed by atoms with E-state index in [-0.39, 0.29) is 11.5 Å². The maximum Gasteiger partial charge on any atom is 0.115 e. The molecule has 0 amide bonds. The molecular weight excluding hydrogens is 234 g/mol. The van der Waals surface area contributed by atoms with E-state index >= 15 is 0 Å². The molecule has 3 heteroatoms. The van der Waals surface area contributed by atoms with E-state index in [4.69, 9.17) is 5.73 Å². The normalized spacial score (nSPS) is 13.2. The van der Waals surface area contributed by atoms with Crippen LogP contribution in [-0.2, 0) is 5.41 Å². The van der Waals surface area contributed by atoms with Crippen molar-refractivity contribution < 1.29 is 0 Å². The highest BCUT2D eigenvalue weighted by atomic mass is 14.8. The molecule has 0 spiro atoms. The van der Waals surface area contributed by atoms with Crippen molar-refractivity contribution in [2.24, 2.45) is 5.73 Å². The van der Waals surface area contributed by atoms with Gasteiger partial charge in [-0.2, -0.15) is 0 Å². The van der Waals surface area contributed by atoms with Gasteiger partial charge >= 0.3 is 0 Å². The minimum Gasteiger partial charge on any atom is -0.323 e. The summed E-state index contributed by atoms with van der Waals surface area (Å²) >= 11 is 0. The lowest BCUT2D eigenvalue weighted by molar-refractivity contribution is 0.321. The van der Waals surface area contributed by atoms with Gasteiger partial charge in [-0.3, -0.25) is 0 Å². The summed E-state index contributed by atoms with van der Waals surface area (Å²) in [5, 5.41) is 0. The van der Waals surface area contributed by atoms with Gasteiger partial charge in [-0.25, -0.2) is 9.97 Å². The van der Waals surface area contributed by atoms with Crippen molar-refractivity contribution in [2.45, 2.75) is 38.1 Å². The van der Waals surface area contributed by atoms with Gasteiger partial charge in [0, 0.05) is 29.4 Å². The van der Waals surface area contributed by atoms with Crippen LogP contribution in [-0.4, -0.2) is 9.97 Å². The number of hydrogen-bond acceptors (Lipinski definition) is 3. The first kappa shape index (κ1) is 13.7. The maximum absolute atomic E-state index is 6.55. The third-order valence-electron chi connectivity index (χ3n) is 4.15. The monoisotopic (exact) mass is 255 g/mol. The predicted octanol–water partition coefficient (Wildman–Crippen LogP) is 3.23. The number of aromatic nitrogens is 2. The molecule has 0 bridgehead atoms. The summed E-state index contributed by atoms with van der Waals surface area (Å²) in [6.07, 6.45) is 7.16. The molecule has 0 aliphatic carbocycles. The first-order valence-corrected chi connectivity index (χ1v) is 6.80. The predicted molar refractivity (Wildman–Crippen MR) is 77.7 cm³/mol. The highest BCUT2D eigenvalue weighted by Gasteiger charge is 2.36. The van der Waals surface area contributed by atoms with Gasteiger partial charge in [0.1, 0.15) is 6.33 Å². The molecule has 1 unspecified atom stereocenters. The number of nitrogens with zero attached hydrogens (tertiary/aromatic N) is 2. The van der Waals surface area contributed by atoms with Gasteiger partial charge in [0.25, 0.3) is 0 Å². The van der Waals surface area contributed by atoms with E-state index in [1.165, 1.54) is 11.9 Å². The number of rotatable bonds is 5. The molecule has 2 N–H and O–H groups in total. The molecule has 0 saturated heterocycles. The van der Waals surface area contributed by atoms with E-state index in [0.29, 0.717) is 0 Å². The first-order chi connectivity index (χ1) is 9.24. The fourth-order valence-corrected chi connectivity index (χ4v) is 2.84. The average Bonchev–Trinajstić information content (AvgIpc) is 2.51. The summed E-state index contributed by atoms with van der Waals surface area (Å²) in [7, 11) is 0. The Morgan fingerprint density at radius 3 is 2.16 bits per heavy atom. The lowest BCUT2D eigenvalue weighted by Gasteiger charge is -2.38. The first-order valence-electron chi connectivity index (χ1n) is 6.80. The Balaban J connectivity index is 2.45. The molecule has 0 aliphatic rings. The van der Waals surface area contributed by atoms with E-state index in [9.17, 15) is 0 Å². The smallest absolute Gasteiger partial charge is 0.115 e. The van der Waals surface area contributed by atoms with E-state index in [1.807, 2.05) is 18.5 Å². The summed E-state index contributed by atoms with van der Waals surface area (Å²) in [6.45, 7) is 4.39. The van der Waals surface area contributed by atoms with Crippen LogP contribution in [0.5, 0.6) is 0 Å². The molecule has 0 radical (unpaired) electrons. The molecule has 1 atom stereocenters. The Morgan fingerprint density at radius 2 is 1.63 bits per heavy atom. The fraction of sp³-hybridized carbons (Fsp3) is 0.375. The zero-order valence-electron chi connectivity index (χ0n) is 11.6. The molecule has 0 fully saturated rings. The SMILES string of the molecule is CCC(CC)(c1ccccc1)C(N)c1cncnc1. The Morgan fingerprint density at radius 1 is 1.05 bits per heavy atom. The van der Waals surface area contributed by atoms with Gasteiger partial charge in [-0.15, -0.1) is 0 Å². The molecule has 100 valence electrons. The Bertz CT molecular complexity index is 492. The van der Waals surface area contributed by atoms with E-state index < -0.39 is 0 Å². The van der Waals surface area contributed by atoms with Crippen molar-refractivity contribution in [1.82, 2.24) is 9.97 Å². The summed E-state index contributed by atoms with van der Waals surface area (Å²) in [6, 6.07) is 10.4. The number of benzene rings is 1. The summed E-state index contributed by atoms with van der Waals surface area (Å²) in [5.74, 6) is 0. The van der Waals surface area contributed by atoms with Gasteiger partial charge in [-0.05, 0) is 18.4 Å². The molecule has 1 heterocycles. The van der Waals surface area contributed by atoms with E-state index in [0.717, 1.165) is 18.4 Å². The summed E-state index contributed by atoms with van der Waals surface area (Å²) in [4.78, 5) is 8.18. The standard InChI is InChI=1S/C16H21N3/c1-3-16(4-2,14-8-6-5-7-9-14)15(17)13-10-18-12-19-11-13/h5-12,15H,3-4,17H2,1-2H3. The van der Waals surface area contributed by atoms with Crippen molar-refractivity contribution in [2.75, 3.05) is 0 Å². The van der Waals surface area contributed by atoms with Gasteiger partial charge < -0.3 is 5.73 Å². The third kappa shape index (κ3) is 2.51. The third-order valence-corrected chi connectivity index (χ3v) is 4.15. The lowest BCUT2D eigenvalue weighted by atomic mass is 9.69. The van der Waals surface area contributed by atoms with Crippen molar-refractivity contribution in [3.8, 4) is 0 Å². The van der Waals surface area contributed by atoms with Crippen molar-refractivity contribution in [1.29, 1.82) is 0 Å². The molecule has 3 nitrogen and oxygen atoms in total. The molecule has 2 rings (SSSR count). The number of nitrogens with two attached hydrogens (primary N) is 1. The molecule has 1 aromatic carbocycles. The van der Waals surface area contributed by atoms with Crippen LogP contribution >= 0.6 is 0 Å². The fourth-order valence-electron chi connectivity index (χ4n) is 2.84. The highest BCUT2D eigenvalue weighted by Crippen LogP contribution is 2.41. The van der Waals surface area contributed by atoms with E-state index in [1.54, 1.807) is 0 Å². The second-order valence-electron chi connectivity index (χ2n) is 4.88. The zero-order chi connectivity index (χ0) is 13.7. The van der Waals surface area contributed by atoms with Gasteiger partial charge in [0.15, 0.2) is 0 Å². The van der Waals surface area contributed by atoms with Crippen LogP contribution in [0.15, 0.2) is 49.1 Å². The Kier molecular flexibility index (Phi) is 4.27. The molecule has 0 saturated carbocycles. The summed E-state index contributed by atoms with van der Waals surface area (Å²) in [5.41, 5.74) is 8.77. The number of hydrogen-bond donors (Lipinski definition) is 1. The van der Waals surface area contributed by atoms with Crippen molar-refractivity contribution in [3.05, 3.63) is 60.2 Å². The maximum atomic E-state index is 6.55. The van der Waals surface area contributed by atoms with Crippen LogP contribution in [0.4, 0.5) is 0 Å². The van der Waals surface area contributed by atoms with Crippen LogP contribution in [0.3, 0.4) is 0 Å². The average molecular weight is 255 g/mol. The highest BCUT2D eigenvalue weighted by molar-refractivity contribution is 5.31. The lowest BCUT2D eigenvalue weighted by Crippen LogP contribution is -2.38. The second kappa shape index (κ2) is 5.93. The van der Waals surface area contributed by atoms with Crippen LogP contribution in [0, 0.1) is 0 Å². The second-order valence-corrected chi connectivity index (χ2v) is 4.88. The van der Waals surface area contributed by atoms with Crippen LogP contribution in [0.2, 0.25) is 0 Å². The van der Waals surface area contributed by atoms with Crippen molar-refractivity contribution in [3.63, 3.8) is 0 Å². The van der Waals surface area contributed by atoms with Gasteiger partial charge in [0.05, 0.1) is 0 Å². The van der Waals surface area contributed by atoms with Crippen LogP contribution < -0.4 is 5.73 Å².